The molecular weight excluding hydrogens is 308 g/mol. The predicted molar refractivity (Wildman–Crippen MR) is 93.0 cm³/mol. The van der Waals surface area contributed by atoms with E-state index in [1.165, 1.54) is 0 Å². The van der Waals surface area contributed by atoms with Crippen LogP contribution in [-0.4, -0.2) is 57.5 Å². The smallest absolute Gasteiger partial charge is 0.317 e. The highest BCUT2D eigenvalue weighted by Gasteiger charge is 2.26. The Kier molecular flexibility index (Phi) is 5.94. The van der Waals surface area contributed by atoms with Gasteiger partial charge in [0.2, 0.25) is 0 Å². The molecule has 1 aromatic rings. The molecule has 0 aromatic heterocycles. The van der Waals surface area contributed by atoms with Crippen LogP contribution in [0.2, 0.25) is 0 Å². The summed E-state index contributed by atoms with van der Waals surface area (Å²) in [7, 11) is 3.24. The molecule has 1 atom stereocenters. The minimum absolute atomic E-state index is 0.0429. The molecule has 1 aromatic carbocycles. The van der Waals surface area contributed by atoms with Crippen molar-refractivity contribution in [1.82, 2.24) is 10.2 Å². The summed E-state index contributed by atoms with van der Waals surface area (Å²) < 4.78 is 16.1. The van der Waals surface area contributed by atoms with Gasteiger partial charge in [0.25, 0.3) is 0 Å². The van der Waals surface area contributed by atoms with Gasteiger partial charge in [-0.3, -0.25) is 0 Å². The van der Waals surface area contributed by atoms with Crippen molar-refractivity contribution in [3.05, 3.63) is 23.8 Å². The quantitative estimate of drug-likeness (QED) is 0.897. The first-order valence-corrected chi connectivity index (χ1v) is 8.24. The molecule has 6 nitrogen and oxygen atoms in total. The minimum atomic E-state index is -0.229. The van der Waals surface area contributed by atoms with Gasteiger partial charge in [0.15, 0.2) is 11.5 Å². The van der Waals surface area contributed by atoms with E-state index in [-0.39, 0.29) is 17.6 Å². The van der Waals surface area contributed by atoms with E-state index in [4.69, 9.17) is 14.2 Å². The Labute approximate surface area is 144 Å². The topological polar surface area (TPSA) is 60.0 Å². The lowest BCUT2D eigenvalue weighted by Crippen LogP contribution is -2.50. The first-order chi connectivity index (χ1) is 11.4. The first kappa shape index (κ1) is 18.4. The van der Waals surface area contributed by atoms with E-state index in [1.807, 2.05) is 25.1 Å². The summed E-state index contributed by atoms with van der Waals surface area (Å²) in [4.78, 5) is 14.2. The number of benzene rings is 1. The maximum Gasteiger partial charge on any atom is 0.317 e. The summed E-state index contributed by atoms with van der Waals surface area (Å²) in [5, 5.41) is 3.04. The molecule has 1 fully saturated rings. The zero-order chi connectivity index (χ0) is 17.7. The van der Waals surface area contributed by atoms with Gasteiger partial charge < -0.3 is 24.4 Å². The minimum Gasteiger partial charge on any atom is -0.493 e. The molecule has 1 unspecified atom stereocenters. The van der Waals surface area contributed by atoms with Gasteiger partial charge in [-0.15, -0.1) is 0 Å². The van der Waals surface area contributed by atoms with Gasteiger partial charge in [0.1, 0.15) is 0 Å². The van der Waals surface area contributed by atoms with Gasteiger partial charge >= 0.3 is 6.03 Å². The van der Waals surface area contributed by atoms with Crippen LogP contribution < -0.4 is 14.8 Å². The lowest BCUT2D eigenvalue weighted by atomic mass is 9.84. The molecule has 1 aliphatic rings. The molecule has 1 N–H and O–H groups in total. The maximum atomic E-state index is 12.4. The van der Waals surface area contributed by atoms with Gasteiger partial charge in [-0.2, -0.15) is 0 Å². The highest BCUT2D eigenvalue weighted by Crippen LogP contribution is 2.32. The summed E-state index contributed by atoms with van der Waals surface area (Å²) in [6.07, 6.45) is 0.0864. The van der Waals surface area contributed by atoms with Crippen molar-refractivity contribution >= 4 is 6.03 Å². The maximum absolute atomic E-state index is 12.4. The first-order valence-electron chi connectivity index (χ1n) is 8.24. The molecule has 24 heavy (non-hydrogen) atoms. The Morgan fingerprint density at radius 1 is 1.33 bits per heavy atom. The van der Waals surface area contributed by atoms with Crippen LogP contribution in [0.25, 0.3) is 0 Å². The van der Waals surface area contributed by atoms with E-state index in [0.717, 1.165) is 5.56 Å². The number of hydrogen-bond donors (Lipinski definition) is 1. The van der Waals surface area contributed by atoms with Crippen molar-refractivity contribution < 1.29 is 19.0 Å². The lowest BCUT2D eigenvalue weighted by molar-refractivity contribution is -0.00359. The summed E-state index contributed by atoms with van der Waals surface area (Å²) in [6.45, 7) is 8.55. The van der Waals surface area contributed by atoms with Crippen LogP contribution >= 0.6 is 0 Å². The molecule has 0 spiro atoms. The van der Waals surface area contributed by atoms with Crippen LogP contribution in [0.15, 0.2) is 18.2 Å². The Morgan fingerprint density at radius 2 is 2.04 bits per heavy atom. The van der Waals surface area contributed by atoms with Crippen molar-refractivity contribution in [2.24, 2.45) is 0 Å². The van der Waals surface area contributed by atoms with Gasteiger partial charge in [0, 0.05) is 25.0 Å². The molecule has 1 saturated heterocycles. The van der Waals surface area contributed by atoms with E-state index in [0.29, 0.717) is 37.7 Å². The van der Waals surface area contributed by atoms with E-state index < -0.39 is 0 Å². The van der Waals surface area contributed by atoms with Gasteiger partial charge in [-0.05, 0) is 24.6 Å². The number of carbonyl (C=O) groups excluding carboxylic acids is 1. The third-order valence-corrected chi connectivity index (χ3v) is 4.37. The number of nitrogens with zero attached hydrogens (tertiary/aromatic N) is 1. The Balaban J connectivity index is 2.01. The summed E-state index contributed by atoms with van der Waals surface area (Å²) in [6, 6.07) is 5.81. The Bertz CT molecular complexity index is 574. The molecular formula is C18H28N2O4. The molecule has 2 amide bonds. The SMILES string of the molecule is COc1ccc(C(C)(C)CNC(=O)N2CCOC(C)C2)cc1OC. The van der Waals surface area contributed by atoms with Crippen molar-refractivity contribution in [2.75, 3.05) is 40.5 Å². The molecule has 134 valence electrons. The second kappa shape index (κ2) is 7.75. The zero-order valence-electron chi connectivity index (χ0n) is 15.2. The number of carbonyl (C=O) groups is 1. The average Bonchev–Trinajstić information content (AvgIpc) is 2.59. The molecule has 2 rings (SSSR count). The third-order valence-electron chi connectivity index (χ3n) is 4.37. The fraction of sp³-hybridized carbons (Fsp3) is 0.611. The van der Waals surface area contributed by atoms with Crippen molar-refractivity contribution in [1.29, 1.82) is 0 Å². The van der Waals surface area contributed by atoms with Crippen LogP contribution in [0.4, 0.5) is 4.79 Å². The standard InChI is InChI=1S/C18H28N2O4/c1-13-11-20(8-9-24-13)17(21)19-12-18(2,3)14-6-7-15(22-4)16(10-14)23-5/h6-7,10,13H,8-9,11-12H2,1-5H3,(H,19,21). The van der Waals surface area contributed by atoms with Crippen molar-refractivity contribution in [3.63, 3.8) is 0 Å². The van der Waals surface area contributed by atoms with Crippen LogP contribution in [0.5, 0.6) is 11.5 Å². The molecule has 0 saturated carbocycles. The number of hydrogen-bond acceptors (Lipinski definition) is 4. The number of rotatable bonds is 5. The number of amides is 2. The molecule has 6 heteroatoms. The molecule has 1 heterocycles. The normalized spacial score (nSPS) is 18.2. The molecule has 0 aliphatic carbocycles. The average molecular weight is 336 g/mol. The number of methoxy groups -OCH3 is 2. The number of urea groups is 1. The summed E-state index contributed by atoms with van der Waals surface area (Å²) >= 11 is 0. The number of ether oxygens (including phenoxy) is 3. The second-order valence-corrected chi connectivity index (χ2v) is 6.74. The Morgan fingerprint density at radius 3 is 2.67 bits per heavy atom. The van der Waals surface area contributed by atoms with E-state index in [1.54, 1.807) is 19.1 Å². The van der Waals surface area contributed by atoms with E-state index in [2.05, 4.69) is 19.2 Å². The number of morpholine rings is 1. The lowest BCUT2D eigenvalue weighted by Gasteiger charge is -2.33. The second-order valence-electron chi connectivity index (χ2n) is 6.74. The van der Waals surface area contributed by atoms with Crippen LogP contribution in [0, 0.1) is 0 Å². The van der Waals surface area contributed by atoms with Crippen LogP contribution in [0.3, 0.4) is 0 Å². The Hall–Kier alpha value is -1.95. The highest BCUT2D eigenvalue weighted by molar-refractivity contribution is 5.74. The molecule has 0 bridgehead atoms. The predicted octanol–water partition coefficient (Wildman–Crippen LogP) is 2.41. The van der Waals surface area contributed by atoms with Gasteiger partial charge in [-0.1, -0.05) is 19.9 Å². The van der Waals surface area contributed by atoms with Crippen molar-refractivity contribution in [3.8, 4) is 11.5 Å². The monoisotopic (exact) mass is 336 g/mol. The molecule has 1 aliphatic heterocycles. The van der Waals surface area contributed by atoms with Crippen molar-refractivity contribution in [2.45, 2.75) is 32.3 Å². The van der Waals surface area contributed by atoms with Crippen LogP contribution in [0.1, 0.15) is 26.3 Å². The highest BCUT2D eigenvalue weighted by atomic mass is 16.5. The third kappa shape index (κ3) is 4.32. The summed E-state index contributed by atoms with van der Waals surface area (Å²) in [5.74, 6) is 1.39. The van der Waals surface area contributed by atoms with E-state index >= 15 is 0 Å². The van der Waals surface area contributed by atoms with Crippen LogP contribution in [-0.2, 0) is 10.2 Å². The zero-order valence-corrected chi connectivity index (χ0v) is 15.2. The largest absolute Gasteiger partial charge is 0.493 e. The number of nitrogens with one attached hydrogen (secondary N) is 1. The summed E-state index contributed by atoms with van der Waals surface area (Å²) in [5.41, 5.74) is 0.850. The van der Waals surface area contributed by atoms with E-state index in [9.17, 15) is 4.79 Å². The fourth-order valence-electron chi connectivity index (χ4n) is 2.77. The fourth-order valence-corrected chi connectivity index (χ4v) is 2.77. The van der Waals surface area contributed by atoms with Gasteiger partial charge in [-0.25, -0.2) is 4.79 Å². The molecule has 0 radical (unpaired) electrons. The van der Waals surface area contributed by atoms with Gasteiger partial charge in [0.05, 0.1) is 26.9 Å².